The summed E-state index contributed by atoms with van der Waals surface area (Å²) >= 11 is 3.61. The molecule has 1 heterocycles. The fourth-order valence-electron chi connectivity index (χ4n) is 2.32. The maximum absolute atomic E-state index is 3.61. The first-order chi connectivity index (χ1) is 8.34. The van der Waals surface area contributed by atoms with Crippen molar-refractivity contribution < 1.29 is 0 Å². The summed E-state index contributed by atoms with van der Waals surface area (Å²) in [7, 11) is 0. The summed E-state index contributed by atoms with van der Waals surface area (Å²) in [5.74, 6) is 0.684. The van der Waals surface area contributed by atoms with E-state index in [9.17, 15) is 0 Å². The number of benzene rings is 2. The lowest BCUT2D eigenvalue weighted by atomic mass is 9.91. The fraction of sp³-hybridized carbons (Fsp3) is 0.200. The number of rotatable bonds is 2. The highest BCUT2D eigenvalue weighted by Gasteiger charge is 2.28. The molecule has 86 valence electrons. The average Bonchev–Trinajstić information content (AvgIpc) is 2.31. The molecule has 1 fully saturated rings. The van der Waals surface area contributed by atoms with E-state index in [1.165, 1.54) is 15.7 Å². The van der Waals surface area contributed by atoms with E-state index in [1.807, 2.05) is 0 Å². The molecular weight excluding hydrogens is 274 g/mol. The van der Waals surface area contributed by atoms with Crippen LogP contribution in [0.15, 0.2) is 59.1 Å². The molecule has 3 rings (SSSR count). The van der Waals surface area contributed by atoms with E-state index in [0.29, 0.717) is 5.92 Å². The van der Waals surface area contributed by atoms with Gasteiger partial charge in [-0.25, -0.2) is 0 Å². The predicted molar refractivity (Wildman–Crippen MR) is 75.5 cm³/mol. The largest absolute Gasteiger partial charge is 0.369 e. The maximum Gasteiger partial charge on any atom is 0.0511 e. The topological polar surface area (TPSA) is 3.24 Å². The zero-order valence-corrected chi connectivity index (χ0v) is 11.1. The van der Waals surface area contributed by atoms with Gasteiger partial charge in [-0.1, -0.05) is 42.5 Å². The van der Waals surface area contributed by atoms with Crippen molar-refractivity contribution >= 4 is 21.6 Å². The number of anilines is 1. The van der Waals surface area contributed by atoms with Crippen molar-refractivity contribution in [1.82, 2.24) is 0 Å². The standard InChI is InChI=1S/C15H14BrN/c16-14-8-4-5-9-15(14)17-10-13(11-17)12-6-2-1-3-7-12/h1-9,13H,10-11H2. The third-order valence-electron chi connectivity index (χ3n) is 3.35. The Bertz CT molecular complexity index is 503. The Labute approximate surface area is 110 Å². The van der Waals surface area contributed by atoms with Gasteiger partial charge in [0.1, 0.15) is 0 Å². The highest BCUT2D eigenvalue weighted by Crippen LogP contribution is 2.35. The van der Waals surface area contributed by atoms with Gasteiger partial charge in [-0.3, -0.25) is 0 Å². The van der Waals surface area contributed by atoms with Crippen LogP contribution in [0.25, 0.3) is 0 Å². The van der Waals surface area contributed by atoms with Gasteiger partial charge in [0, 0.05) is 23.5 Å². The van der Waals surface area contributed by atoms with Gasteiger partial charge in [0.25, 0.3) is 0 Å². The fourth-order valence-corrected chi connectivity index (χ4v) is 2.86. The molecule has 0 bridgehead atoms. The Morgan fingerprint density at radius 3 is 2.24 bits per heavy atom. The van der Waals surface area contributed by atoms with Crippen LogP contribution >= 0.6 is 15.9 Å². The molecule has 17 heavy (non-hydrogen) atoms. The Morgan fingerprint density at radius 1 is 0.882 bits per heavy atom. The minimum Gasteiger partial charge on any atom is -0.369 e. The molecule has 0 aliphatic carbocycles. The van der Waals surface area contributed by atoms with Crippen molar-refractivity contribution in [3.05, 3.63) is 64.6 Å². The molecule has 1 saturated heterocycles. The van der Waals surface area contributed by atoms with Crippen LogP contribution in [-0.4, -0.2) is 13.1 Å². The van der Waals surface area contributed by atoms with Crippen molar-refractivity contribution in [3.63, 3.8) is 0 Å². The van der Waals surface area contributed by atoms with Gasteiger partial charge >= 0.3 is 0 Å². The molecule has 0 N–H and O–H groups in total. The van der Waals surface area contributed by atoms with Gasteiger partial charge < -0.3 is 4.90 Å². The van der Waals surface area contributed by atoms with Gasteiger partial charge in [-0.05, 0) is 33.6 Å². The lowest BCUT2D eigenvalue weighted by Gasteiger charge is -2.41. The van der Waals surface area contributed by atoms with Crippen LogP contribution in [0.5, 0.6) is 0 Å². The van der Waals surface area contributed by atoms with Gasteiger partial charge in [0.15, 0.2) is 0 Å². The second-order valence-electron chi connectivity index (χ2n) is 4.46. The molecule has 0 amide bonds. The van der Waals surface area contributed by atoms with E-state index in [1.54, 1.807) is 0 Å². The monoisotopic (exact) mass is 287 g/mol. The van der Waals surface area contributed by atoms with E-state index < -0.39 is 0 Å². The molecule has 0 atom stereocenters. The summed E-state index contributed by atoms with van der Waals surface area (Å²) < 4.78 is 1.19. The van der Waals surface area contributed by atoms with E-state index >= 15 is 0 Å². The van der Waals surface area contributed by atoms with Crippen molar-refractivity contribution in [2.24, 2.45) is 0 Å². The Balaban J connectivity index is 1.72. The van der Waals surface area contributed by atoms with Crippen molar-refractivity contribution in [3.8, 4) is 0 Å². The molecule has 2 aromatic rings. The van der Waals surface area contributed by atoms with E-state index in [0.717, 1.165) is 13.1 Å². The molecule has 2 heteroatoms. The highest BCUT2D eigenvalue weighted by atomic mass is 79.9. The molecule has 0 unspecified atom stereocenters. The molecule has 2 aromatic carbocycles. The lowest BCUT2D eigenvalue weighted by Crippen LogP contribution is -2.45. The van der Waals surface area contributed by atoms with Crippen molar-refractivity contribution in [2.75, 3.05) is 18.0 Å². The number of hydrogen-bond acceptors (Lipinski definition) is 1. The summed E-state index contributed by atoms with van der Waals surface area (Å²) in [6, 6.07) is 19.2. The minimum absolute atomic E-state index is 0.684. The normalized spacial score (nSPS) is 15.7. The summed E-state index contributed by atoms with van der Waals surface area (Å²) in [4.78, 5) is 2.42. The van der Waals surface area contributed by atoms with Crippen LogP contribution in [0.2, 0.25) is 0 Å². The van der Waals surface area contributed by atoms with Gasteiger partial charge in [0.2, 0.25) is 0 Å². The summed E-state index contributed by atoms with van der Waals surface area (Å²) in [6.45, 7) is 2.24. The van der Waals surface area contributed by atoms with Gasteiger partial charge in [0.05, 0.1) is 5.69 Å². The van der Waals surface area contributed by atoms with Gasteiger partial charge in [-0.15, -0.1) is 0 Å². The van der Waals surface area contributed by atoms with Crippen molar-refractivity contribution in [1.29, 1.82) is 0 Å². The third-order valence-corrected chi connectivity index (χ3v) is 4.02. The number of hydrogen-bond donors (Lipinski definition) is 0. The Hall–Kier alpha value is -1.28. The minimum atomic E-state index is 0.684. The molecule has 1 aliphatic rings. The van der Waals surface area contributed by atoms with E-state index in [2.05, 4.69) is 75.4 Å². The highest BCUT2D eigenvalue weighted by molar-refractivity contribution is 9.10. The molecule has 0 radical (unpaired) electrons. The molecule has 0 spiro atoms. The molecule has 1 nitrogen and oxygen atoms in total. The molecule has 1 aliphatic heterocycles. The van der Waals surface area contributed by atoms with Crippen LogP contribution < -0.4 is 4.90 Å². The zero-order valence-electron chi connectivity index (χ0n) is 9.51. The average molecular weight is 288 g/mol. The van der Waals surface area contributed by atoms with E-state index in [-0.39, 0.29) is 0 Å². The molecule has 0 saturated carbocycles. The summed E-state index contributed by atoms with van der Waals surface area (Å²) in [5, 5.41) is 0. The lowest BCUT2D eigenvalue weighted by molar-refractivity contribution is 0.524. The third kappa shape index (κ3) is 2.09. The zero-order chi connectivity index (χ0) is 11.7. The number of para-hydroxylation sites is 1. The predicted octanol–water partition coefficient (Wildman–Crippen LogP) is 4.05. The Morgan fingerprint density at radius 2 is 1.53 bits per heavy atom. The van der Waals surface area contributed by atoms with Crippen LogP contribution in [0, 0.1) is 0 Å². The second-order valence-corrected chi connectivity index (χ2v) is 5.32. The first-order valence-electron chi connectivity index (χ1n) is 5.89. The van der Waals surface area contributed by atoms with Crippen LogP contribution in [0.4, 0.5) is 5.69 Å². The molecule has 0 aromatic heterocycles. The molecular formula is C15H14BrN. The second kappa shape index (κ2) is 4.53. The van der Waals surface area contributed by atoms with Crippen LogP contribution in [-0.2, 0) is 0 Å². The number of halogens is 1. The number of nitrogens with zero attached hydrogens (tertiary/aromatic N) is 1. The summed E-state index contributed by atoms with van der Waals surface area (Å²) in [5.41, 5.74) is 2.76. The Kier molecular flexibility index (Phi) is 2.89. The quantitative estimate of drug-likeness (QED) is 0.805. The van der Waals surface area contributed by atoms with E-state index in [4.69, 9.17) is 0 Å². The van der Waals surface area contributed by atoms with Crippen LogP contribution in [0.1, 0.15) is 11.5 Å². The first kappa shape index (κ1) is 10.8. The van der Waals surface area contributed by atoms with Gasteiger partial charge in [-0.2, -0.15) is 0 Å². The van der Waals surface area contributed by atoms with Crippen molar-refractivity contribution in [2.45, 2.75) is 5.92 Å². The smallest absolute Gasteiger partial charge is 0.0511 e. The summed E-state index contributed by atoms with van der Waals surface area (Å²) in [6.07, 6.45) is 0. The van der Waals surface area contributed by atoms with Crippen LogP contribution in [0.3, 0.4) is 0 Å². The SMILES string of the molecule is Brc1ccccc1N1CC(c2ccccc2)C1. The maximum atomic E-state index is 3.61. The first-order valence-corrected chi connectivity index (χ1v) is 6.68.